The number of nitrogens with zero attached hydrogens (tertiary/aromatic N) is 1. The second-order valence-corrected chi connectivity index (χ2v) is 6.33. The maximum Gasteiger partial charge on any atom is 0.258 e. The fraction of sp³-hybridized carbons (Fsp3) is 0.700. The van der Waals surface area contributed by atoms with Crippen LogP contribution < -0.4 is 10.5 Å². The van der Waals surface area contributed by atoms with Crippen molar-refractivity contribution in [3.63, 3.8) is 0 Å². The summed E-state index contributed by atoms with van der Waals surface area (Å²) in [6.45, 7) is 3.13. The molecule has 0 atom stereocenters. The summed E-state index contributed by atoms with van der Waals surface area (Å²) in [6.07, 6.45) is 2.73. The van der Waals surface area contributed by atoms with Gasteiger partial charge in [0.25, 0.3) is 10.0 Å². The molecular formula is C10H18N4O3S. The fourth-order valence-electron chi connectivity index (χ4n) is 1.98. The maximum absolute atomic E-state index is 12.3. The Morgan fingerprint density at radius 1 is 1.56 bits per heavy atom. The van der Waals surface area contributed by atoms with Crippen LogP contribution in [0.3, 0.4) is 0 Å². The zero-order chi connectivity index (χ0) is 13.2. The number of hydrogen-bond donors (Lipinski definition) is 3. The van der Waals surface area contributed by atoms with E-state index >= 15 is 0 Å². The first-order chi connectivity index (χ1) is 8.47. The molecular weight excluding hydrogens is 256 g/mol. The molecule has 0 unspecified atom stereocenters. The van der Waals surface area contributed by atoms with Crippen molar-refractivity contribution in [1.29, 1.82) is 0 Å². The van der Waals surface area contributed by atoms with E-state index in [1.54, 1.807) is 0 Å². The third-order valence-electron chi connectivity index (χ3n) is 3.14. The van der Waals surface area contributed by atoms with Crippen molar-refractivity contribution in [1.82, 2.24) is 14.9 Å². The van der Waals surface area contributed by atoms with E-state index in [1.807, 2.05) is 6.92 Å². The molecule has 1 saturated heterocycles. The molecule has 1 aliphatic rings. The summed E-state index contributed by atoms with van der Waals surface area (Å²) in [4.78, 5) is 0. The predicted octanol–water partition coefficient (Wildman–Crippen LogP) is -0.284. The van der Waals surface area contributed by atoms with E-state index < -0.39 is 15.6 Å². The van der Waals surface area contributed by atoms with Crippen LogP contribution in [-0.2, 0) is 21.3 Å². The topological polar surface area (TPSA) is 110 Å². The van der Waals surface area contributed by atoms with Crippen molar-refractivity contribution < 1.29 is 13.2 Å². The predicted molar refractivity (Wildman–Crippen MR) is 65.3 cm³/mol. The molecule has 0 amide bonds. The first-order valence-electron chi connectivity index (χ1n) is 5.81. The first-order valence-corrected chi connectivity index (χ1v) is 7.29. The van der Waals surface area contributed by atoms with Crippen LogP contribution in [0.2, 0.25) is 0 Å². The average molecular weight is 274 g/mol. The van der Waals surface area contributed by atoms with E-state index in [0.29, 0.717) is 31.6 Å². The number of rotatable bonds is 4. The van der Waals surface area contributed by atoms with Crippen molar-refractivity contribution in [3.05, 3.63) is 11.8 Å². The first kappa shape index (κ1) is 13.5. The number of H-pyrrole nitrogens is 1. The Hall–Kier alpha value is -0.960. The van der Waals surface area contributed by atoms with Crippen LogP contribution in [0.5, 0.6) is 0 Å². The summed E-state index contributed by atoms with van der Waals surface area (Å²) in [6, 6.07) is 0. The summed E-state index contributed by atoms with van der Waals surface area (Å²) < 4.78 is 32.5. The molecule has 102 valence electrons. The molecule has 0 bridgehead atoms. The van der Waals surface area contributed by atoms with E-state index in [4.69, 9.17) is 10.5 Å². The highest BCUT2D eigenvalue weighted by Gasteiger charge is 2.34. The highest BCUT2D eigenvalue weighted by Crippen LogP contribution is 2.23. The van der Waals surface area contributed by atoms with Gasteiger partial charge in [0.2, 0.25) is 0 Å². The monoisotopic (exact) mass is 274 g/mol. The Bertz CT molecular complexity index is 505. The van der Waals surface area contributed by atoms with Crippen LogP contribution >= 0.6 is 0 Å². The van der Waals surface area contributed by atoms with Crippen LogP contribution in [0.15, 0.2) is 11.2 Å². The molecule has 2 rings (SSSR count). The van der Waals surface area contributed by atoms with Crippen LogP contribution in [0, 0.1) is 0 Å². The van der Waals surface area contributed by atoms with Crippen LogP contribution in [0.4, 0.5) is 0 Å². The largest absolute Gasteiger partial charge is 0.381 e. The highest BCUT2D eigenvalue weighted by atomic mass is 32.2. The van der Waals surface area contributed by atoms with E-state index in [2.05, 4.69) is 14.9 Å². The molecule has 2 heterocycles. The Labute approximate surface area is 106 Å². The molecule has 0 radical (unpaired) electrons. The summed E-state index contributed by atoms with van der Waals surface area (Å²) in [5.74, 6) is 0. The molecule has 0 aliphatic carbocycles. The molecule has 1 fully saturated rings. The van der Waals surface area contributed by atoms with Gasteiger partial charge in [0, 0.05) is 30.9 Å². The van der Waals surface area contributed by atoms with E-state index in [1.165, 1.54) is 6.20 Å². The van der Waals surface area contributed by atoms with Gasteiger partial charge < -0.3 is 10.5 Å². The van der Waals surface area contributed by atoms with Gasteiger partial charge in [-0.25, -0.2) is 13.1 Å². The SMILES string of the molecule is CC1(NS(=O)(=O)c2[nH]ncc2CN)CCOCC1. The van der Waals surface area contributed by atoms with Crippen molar-refractivity contribution in [3.8, 4) is 0 Å². The second-order valence-electron chi connectivity index (χ2n) is 4.71. The molecule has 7 nitrogen and oxygen atoms in total. The van der Waals surface area contributed by atoms with Gasteiger partial charge >= 0.3 is 0 Å². The molecule has 1 aromatic heterocycles. The minimum Gasteiger partial charge on any atom is -0.381 e. The normalized spacial score (nSPS) is 19.9. The molecule has 1 aromatic rings. The molecule has 1 aliphatic heterocycles. The Morgan fingerprint density at radius 3 is 2.83 bits per heavy atom. The third kappa shape index (κ3) is 2.72. The van der Waals surface area contributed by atoms with Gasteiger partial charge in [0.05, 0.1) is 6.20 Å². The van der Waals surface area contributed by atoms with Gasteiger partial charge in [-0.05, 0) is 19.8 Å². The Balaban J connectivity index is 2.21. The average Bonchev–Trinajstić information content (AvgIpc) is 2.77. The molecule has 0 spiro atoms. The van der Waals surface area contributed by atoms with E-state index in [9.17, 15) is 8.42 Å². The van der Waals surface area contributed by atoms with Gasteiger partial charge in [-0.2, -0.15) is 5.10 Å². The minimum absolute atomic E-state index is 0.0534. The molecule has 18 heavy (non-hydrogen) atoms. The lowest BCUT2D eigenvalue weighted by Crippen LogP contribution is -2.49. The summed E-state index contributed by atoms with van der Waals surface area (Å²) in [5, 5.41) is 6.27. The molecule has 8 heteroatoms. The van der Waals surface area contributed by atoms with Crippen LogP contribution in [0.25, 0.3) is 0 Å². The zero-order valence-electron chi connectivity index (χ0n) is 10.3. The van der Waals surface area contributed by atoms with Gasteiger partial charge in [-0.1, -0.05) is 0 Å². The van der Waals surface area contributed by atoms with E-state index in [-0.39, 0.29) is 11.6 Å². The summed E-state index contributed by atoms with van der Waals surface area (Å²) in [5.41, 5.74) is 5.49. The number of sulfonamides is 1. The lowest BCUT2D eigenvalue weighted by molar-refractivity contribution is 0.0537. The quantitative estimate of drug-likeness (QED) is 0.699. The smallest absolute Gasteiger partial charge is 0.258 e. The third-order valence-corrected chi connectivity index (χ3v) is 4.80. The lowest BCUT2D eigenvalue weighted by atomic mass is 9.94. The number of nitrogens with one attached hydrogen (secondary N) is 2. The molecule has 4 N–H and O–H groups in total. The summed E-state index contributed by atoms with van der Waals surface area (Å²) in [7, 11) is -3.62. The van der Waals surface area contributed by atoms with Crippen LogP contribution in [-0.4, -0.2) is 37.4 Å². The highest BCUT2D eigenvalue weighted by molar-refractivity contribution is 7.89. The summed E-state index contributed by atoms with van der Waals surface area (Å²) >= 11 is 0. The second kappa shape index (κ2) is 4.96. The van der Waals surface area contributed by atoms with Crippen molar-refractivity contribution >= 4 is 10.0 Å². The van der Waals surface area contributed by atoms with Gasteiger partial charge in [-0.15, -0.1) is 0 Å². The number of aromatic nitrogens is 2. The molecule has 0 saturated carbocycles. The van der Waals surface area contributed by atoms with Crippen molar-refractivity contribution in [2.24, 2.45) is 5.73 Å². The van der Waals surface area contributed by atoms with Gasteiger partial charge in [0.15, 0.2) is 5.03 Å². The van der Waals surface area contributed by atoms with Gasteiger partial charge in [-0.3, -0.25) is 5.10 Å². The van der Waals surface area contributed by atoms with Gasteiger partial charge in [0.1, 0.15) is 0 Å². The minimum atomic E-state index is -3.62. The van der Waals surface area contributed by atoms with Crippen LogP contribution in [0.1, 0.15) is 25.3 Å². The standard InChI is InChI=1S/C10H18N4O3S/c1-10(2-4-17-5-3-10)14-18(15,16)9-8(6-11)7-12-13-9/h7,14H,2-6,11H2,1H3,(H,12,13). The number of ether oxygens (including phenoxy) is 1. The number of nitrogens with two attached hydrogens (primary N) is 1. The lowest BCUT2D eigenvalue weighted by Gasteiger charge is -2.33. The van der Waals surface area contributed by atoms with Crippen molar-refractivity contribution in [2.45, 2.75) is 36.9 Å². The number of aromatic amines is 1. The Morgan fingerprint density at radius 2 is 2.22 bits per heavy atom. The maximum atomic E-state index is 12.3. The van der Waals surface area contributed by atoms with Crippen molar-refractivity contribution in [2.75, 3.05) is 13.2 Å². The fourth-order valence-corrected chi connectivity index (χ4v) is 3.59. The van der Waals surface area contributed by atoms with E-state index in [0.717, 1.165) is 0 Å². The molecule has 0 aromatic carbocycles. The Kier molecular flexibility index (Phi) is 3.71. The number of hydrogen-bond acceptors (Lipinski definition) is 5. The zero-order valence-corrected chi connectivity index (χ0v) is 11.1.